The number of nitrogens with one attached hydrogen (secondary N) is 1. The van der Waals surface area contributed by atoms with Crippen LogP contribution in [0, 0.1) is 5.82 Å². The van der Waals surface area contributed by atoms with Crippen molar-refractivity contribution in [2.24, 2.45) is 0 Å². The molecule has 1 saturated carbocycles. The molecule has 6 rings (SSSR count). The Morgan fingerprint density at radius 3 is 2.45 bits per heavy atom. The number of amides is 2. The molecule has 3 aliphatic rings. The van der Waals surface area contributed by atoms with Crippen molar-refractivity contribution in [1.82, 2.24) is 15.1 Å². The first-order valence-corrected chi connectivity index (χ1v) is 16.5. The number of carbonyl (C=O) groups excluding carboxylic acids is 2. The van der Waals surface area contributed by atoms with Gasteiger partial charge in [0, 0.05) is 54.8 Å². The van der Waals surface area contributed by atoms with E-state index in [1.165, 1.54) is 12.1 Å². The van der Waals surface area contributed by atoms with E-state index in [-0.39, 0.29) is 49.0 Å². The Labute approximate surface area is 273 Å². The number of fused-ring (bicyclic) bond motifs is 2. The fourth-order valence-corrected chi connectivity index (χ4v) is 6.76. The molecule has 2 bridgehead atoms. The predicted molar refractivity (Wildman–Crippen MR) is 174 cm³/mol. The monoisotopic (exact) mass is 725 g/mol. The van der Waals surface area contributed by atoms with E-state index in [1.807, 2.05) is 52.3 Å². The standard InChI is InChI=1S/C34H34Br2FN3O4/c1-21(41)39-19-25-17-28(22-6-11-27(12-7-22)43-14-15-44-32-16-24(37)8-13-30(32)36)33(31(20-39)38-25)34(42)40(26-9-10-26)18-23-4-2-3-5-29(23)35/h2-8,11-13,16,25-26,31,38H,9-10,14-15,17-20H2,1H3/t25-,31-/m1/s1. The van der Waals surface area contributed by atoms with Crippen LogP contribution in [-0.2, 0) is 16.1 Å². The van der Waals surface area contributed by atoms with Crippen molar-refractivity contribution < 1.29 is 23.5 Å². The number of hydrogen-bond acceptors (Lipinski definition) is 5. The van der Waals surface area contributed by atoms with Crippen molar-refractivity contribution in [1.29, 1.82) is 0 Å². The molecule has 1 N–H and O–H groups in total. The lowest BCUT2D eigenvalue weighted by atomic mass is 9.82. The number of halogens is 3. The molecule has 0 aromatic heterocycles. The van der Waals surface area contributed by atoms with E-state index in [4.69, 9.17) is 9.47 Å². The lowest BCUT2D eigenvalue weighted by molar-refractivity contribution is -0.132. The number of carbonyl (C=O) groups is 2. The molecule has 0 radical (unpaired) electrons. The van der Waals surface area contributed by atoms with Crippen LogP contribution in [0.3, 0.4) is 0 Å². The second-order valence-corrected chi connectivity index (χ2v) is 13.2. The molecule has 2 amide bonds. The molecule has 7 nitrogen and oxygen atoms in total. The Morgan fingerprint density at radius 1 is 0.977 bits per heavy atom. The van der Waals surface area contributed by atoms with Crippen molar-refractivity contribution in [2.45, 2.75) is 50.9 Å². The first-order valence-electron chi connectivity index (χ1n) is 14.9. The molecule has 10 heteroatoms. The SMILES string of the molecule is CC(=O)N1C[C@H]2CC(c3ccc(OCCOc4cc(F)ccc4Br)cc3)=C(C(=O)N(Cc3ccccc3Br)C3CC3)[C@@H](C1)N2. The second-order valence-electron chi connectivity index (χ2n) is 11.5. The summed E-state index contributed by atoms with van der Waals surface area (Å²) in [5.74, 6) is 0.790. The van der Waals surface area contributed by atoms with Gasteiger partial charge in [-0.1, -0.05) is 46.3 Å². The number of hydrogen-bond donors (Lipinski definition) is 1. The van der Waals surface area contributed by atoms with Crippen molar-refractivity contribution in [3.8, 4) is 11.5 Å². The maximum atomic E-state index is 14.5. The third kappa shape index (κ3) is 7.03. The first-order chi connectivity index (χ1) is 21.3. The molecule has 2 aliphatic heterocycles. The summed E-state index contributed by atoms with van der Waals surface area (Å²) in [7, 11) is 0. The van der Waals surface area contributed by atoms with Crippen LogP contribution < -0.4 is 14.8 Å². The third-order valence-electron chi connectivity index (χ3n) is 8.33. The molecular formula is C34H34Br2FN3O4. The summed E-state index contributed by atoms with van der Waals surface area (Å²) < 4.78 is 26.8. The number of piperazine rings is 1. The van der Waals surface area contributed by atoms with Gasteiger partial charge in [0.2, 0.25) is 5.91 Å². The third-order valence-corrected chi connectivity index (χ3v) is 9.76. The summed E-state index contributed by atoms with van der Waals surface area (Å²) in [5.41, 5.74) is 3.82. The molecule has 0 spiro atoms. The van der Waals surface area contributed by atoms with E-state index < -0.39 is 0 Å². The van der Waals surface area contributed by atoms with Crippen LogP contribution in [-0.4, -0.2) is 66.0 Å². The number of benzene rings is 3. The Bertz CT molecular complexity index is 1580. The Hall–Kier alpha value is -3.21. The smallest absolute Gasteiger partial charge is 0.252 e. The van der Waals surface area contributed by atoms with Gasteiger partial charge in [-0.3, -0.25) is 9.59 Å². The normalized spacial score (nSPS) is 19.5. The average molecular weight is 727 g/mol. The zero-order chi connectivity index (χ0) is 30.8. The van der Waals surface area contributed by atoms with Crippen molar-refractivity contribution in [3.05, 3.63) is 98.2 Å². The molecule has 44 heavy (non-hydrogen) atoms. The minimum atomic E-state index is -0.365. The summed E-state index contributed by atoms with van der Waals surface area (Å²) in [6.07, 6.45) is 2.63. The molecule has 0 unspecified atom stereocenters. The summed E-state index contributed by atoms with van der Waals surface area (Å²) in [6, 6.07) is 20.2. The summed E-state index contributed by atoms with van der Waals surface area (Å²) in [6.45, 7) is 3.74. The summed E-state index contributed by atoms with van der Waals surface area (Å²) in [4.78, 5) is 30.8. The van der Waals surface area contributed by atoms with E-state index in [0.29, 0.717) is 42.0 Å². The van der Waals surface area contributed by atoms with E-state index in [0.717, 1.165) is 39.6 Å². The van der Waals surface area contributed by atoms with E-state index in [9.17, 15) is 14.0 Å². The Balaban J connectivity index is 1.23. The van der Waals surface area contributed by atoms with Gasteiger partial charge in [-0.2, -0.15) is 0 Å². The molecule has 3 aromatic rings. The van der Waals surface area contributed by atoms with Gasteiger partial charge < -0.3 is 24.6 Å². The van der Waals surface area contributed by atoms with Crippen LogP contribution in [0.25, 0.3) is 5.57 Å². The van der Waals surface area contributed by atoms with Crippen LogP contribution in [0.1, 0.15) is 37.3 Å². The Kier molecular flexibility index (Phi) is 9.40. The Morgan fingerprint density at radius 2 is 1.73 bits per heavy atom. The van der Waals surface area contributed by atoms with Gasteiger partial charge in [-0.25, -0.2) is 4.39 Å². The van der Waals surface area contributed by atoms with Crippen LogP contribution in [0.4, 0.5) is 4.39 Å². The van der Waals surface area contributed by atoms with E-state index in [1.54, 1.807) is 13.0 Å². The number of rotatable bonds is 10. The van der Waals surface area contributed by atoms with Gasteiger partial charge in [0.15, 0.2) is 0 Å². The van der Waals surface area contributed by atoms with E-state index in [2.05, 4.69) is 43.2 Å². The highest BCUT2D eigenvalue weighted by molar-refractivity contribution is 9.10. The lowest BCUT2D eigenvalue weighted by Crippen LogP contribution is -2.61. The zero-order valence-corrected chi connectivity index (χ0v) is 27.6. The van der Waals surface area contributed by atoms with Crippen molar-refractivity contribution >= 4 is 49.2 Å². The molecule has 3 aromatic carbocycles. The molecule has 230 valence electrons. The largest absolute Gasteiger partial charge is 0.490 e. The summed E-state index contributed by atoms with van der Waals surface area (Å²) in [5, 5.41) is 3.65. The topological polar surface area (TPSA) is 71.1 Å². The van der Waals surface area contributed by atoms with Gasteiger partial charge >= 0.3 is 0 Å². The number of nitrogens with zero attached hydrogens (tertiary/aromatic N) is 2. The van der Waals surface area contributed by atoms with Gasteiger partial charge in [0.25, 0.3) is 5.91 Å². The first kappa shape index (κ1) is 30.8. The van der Waals surface area contributed by atoms with Gasteiger partial charge in [-0.15, -0.1) is 0 Å². The fraction of sp³-hybridized carbons (Fsp3) is 0.353. The zero-order valence-electron chi connectivity index (χ0n) is 24.4. The van der Waals surface area contributed by atoms with Gasteiger partial charge in [0.1, 0.15) is 30.5 Å². The molecule has 1 saturated heterocycles. The van der Waals surface area contributed by atoms with Crippen LogP contribution >= 0.6 is 31.9 Å². The fourth-order valence-electron chi connectivity index (χ4n) is 5.99. The average Bonchev–Trinajstić information content (AvgIpc) is 3.85. The lowest BCUT2D eigenvalue weighted by Gasteiger charge is -2.44. The van der Waals surface area contributed by atoms with Crippen molar-refractivity contribution in [3.63, 3.8) is 0 Å². The minimum Gasteiger partial charge on any atom is -0.490 e. The minimum absolute atomic E-state index is 0.0271. The van der Waals surface area contributed by atoms with Crippen LogP contribution in [0.5, 0.6) is 11.5 Å². The highest BCUT2D eigenvalue weighted by Gasteiger charge is 2.43. The second kappa shape index (κ2) is 13.4. The van der Waals surface area contributed by atoms with Crippen LogP contribution in [0.15, 0.2) is 81.2 Å². The van der Waals surface area contributed by atoms with Crippen LogP contribution in [0.2, 0.25) is 0 Å². The molecule has 2 fully saturated rings. The quantitative estimate of drug-likeness (QED) is 0.247. The molecule has 1 aliphatic carbocycles. The highest BCUT2D eigenvalue weighted by Crippen LogP contribution is 2.38. The summed E-state index contributed by atoms with van der Waals surface area (Å²) >= 11 is 7.02. The van der Waals surface area contributed by atoms with Gasteiger partial charge in [-0.05, 0) is 82.2 Å². The van der Waals surface area contributed by atoms with E-state index >= 15 is 0 Å². The maximum absolute atomic E-state index is 14.5. The van der Waals surface area contributed by atoms with Crippen molar-refractivity contribution in [2.75, 3.05) is 26.3 Å². The van der Waals surface area contributed by atoms with Gasteiger partial charge in [0.05, 0.1) is 10.5 Å². The maximum Gasteiger partial charge on any atom is 0.252 e. The molecule has 2 atom stereocenters. The molecule has 2 heterocycles. The predicted octanol–water partition coefficient (Wildman–Crippen LogP) is 6.35. The highest BCUT2D eigenvalue weighted by atomic mass is 79.9. The number of ether oxygens (including phenoxy) is 2. The molecular weight excluding hydrogens is 693 g/mol.